The van der Waals surface area contributed by atoms with Gasteiger partial charge in [-0.25, -0.2) is 4.79 Å². The summed E-state index contributed by atoms with van der Waals surface area (Å²) in [6, 6.07) is 15.6. The number of hydrogen-bond donors (Lipinski definition) is 0. The van der Waals surface area contributed by atoms with Crippen molar-refractivity contribution in [2.24, 2.45) is 5.92 Å². The van der Waals surface area contributed by atoms with E-state index in [0.29, 0.717) is 25.2 Å². The van der Waals surface area contributed by atoms with Crippen molar-refractivity contribution in [3.8, 4) is 0 Å². The minimum atomic E-state index is -0.364. The summed E-state index contributed by atoms with van der Waals surface area (Å²) in [5.74, 6) is -0.522. The average Bonchev–Trinajstić information content (AvgIpc) is 2.69. The van der Waals surface area contributed by atoms with Gasteiger partial charge >= 0.3 is 11.6 Å². The number of rotatable bonds is 7. The Kier molecular flexibility index (Phi) is 6.49. The highest BCUT2D eigenvalue weighted by atomic mass is 16.5. The largest absolute Gasteiger partial charge is 0.469 e. The maximum absolute atomic E-state index is 12.2. The minimum Gasteiger partial charge on any atom is -0.469 e. The molecule has 29 heavy (non-hydrogen) atoms. The fourth-order valence-electron chi connectivity index (χ4n) is 3.54. The van der Waals surface area contributed by atoms with Crippen LogP contribution >= 0.6 is 0 Å². The van der Waals surface area contributed by atoms with Crippen molar-refractivity contribution in [1.29, 1.82) is 0 Å². The number of fused-ring (bicyclic) bond motifs is 1. The Hall–Kier alpha value is -2.92. The zero-order valence-electron chi connectivity index (χ0n) is 17.4. The van der Waals surface area contributed by atoms with E-state index in [1.54, 1.807) is 6.07 Å². The van der Waals surface area contributed by atoms with E-state index in [-0.39, 0.29) is 17.5 Å². The zero-order valence-corrected chi connectivity index (χ0v) is 17.4. The van der Waals surface area contributed by atoms with Crippen LogP contribution in [0.4, 0.5) is 0 Å². The Bertz CT molecular complexity index is 1060. The number of nitrogens with zero attached hydrogens (tertiary/aromatic N) is 1. The molecule has 0 spiro atoms. The first-order chi connectivity index (χ1) is 13.9. The molecule has 152 valence electrons. The van der Waals surface area contributed by atoms with Crippen LogP contribution in [0.25, 0.3) is 11.0 Å². The molecule has 0 saturated heterocycles. The second-order valence-corrected chi connectivity index (χ2v) is 7.60. The molecule has 0 aliphatic rings. The molecule has 1 aromatic heterocycles. The third kappa shape index (κ3) is 5.12. The molecule has 0 fully saturated rings. The SMILES string of the molecule is COC(=O)C(C)CN(Cc1ccccc1)Cc1cc(=O)oc2cc(C)c(C)cc12. The molecule has 0 radical (unpaired) electrons. The van der Waals surface area contributed by atoms with Crippen LogP contribution in [0.1, 0.15) is 29.2 Å². The van der Waals surface area contributed by atoms with E-state index >= 15 is 0 Å². The van der Waals surface area contributed by atoms with Crippen molar-refractivity contribution in [3.63, 3.8) is 0 Å². The molecule has 0 aliphatic carbocycles. The third-order valence-electron chi connectivity index (χ3n) is 5.22. The van der Waals surface area contributed by atoms with Crippen LogP contribution in [0.3, 0.4) is 0 Å². The lowest BCUT2D eigenvalue weighted by Crippen LogP contribution is -2.32. The Morgan fingerprint density at radius 2 is 1.76 bits per heavy atom. The second-order valence-electron chi connectivity index (χ2n) is 7.60. The van der Waals surface area contributed by atoms with Crippen LogP contribution in [0.2, 0.25) is 0 Å². The first-order valence-corrected chi connectivity index (χ1v) is 9.75. The molecule has 1 unspecified atom stereocenters. The van der Waals surface area contributed by atoms with Gasteiger partial charge in [-0.3, -0.25) is 9.69 Å². The topological polar surface area (TPSA) is 59.8 Å². The number of aryl methyl sites for hydroxylation is 2. The number of ether oxygens (including phenoxy) is 1. The van der Waals surface area contributed by atoms with Gasteiger partial charge in [0, 0.05) is 31.1 Å². The lowest BCUT2D eigenvalue weighted by atomic mass is 10.0. The Labute approximate surface area is 170 Å². The Morgan fingerprint density at radius 3 is 2.45 bits per heavy atom. The molecule has 3 rings (SSSR count). The number of carbonyl (C=O) groups is 1. The third-order valence-corrected chi connectivity index (χ3v) is 5.22. The van der Waals surface area contributed by atoms with Crippen molar-refractivity contribution in [1.82, 2.24) is 4.90 Å². The average molecular weight is 393 g/mol. The summed E-state index contributed by atoms with van der Waals surface area (Å²) < 4.78 is 10.3. The Morgan fingerprint density at radius 1 is 1.07 bits per heavy atom. The number of hydrogen-bond acceptors (Lipinski definition) is 5. The van der Waals surface area contributed by atoms with Gasteiger partial charge < -0.3 is 9.15 Å². The predicted molar refractivity (Wildman–Crippen MR) is 114 cm³/mol. The summed E-state index contributed by atoms with van der Waals surface area (Å²) in [6.07, 6.45) is 0. The van der Waals surface area contributed by atoms with Crippen LogP contribution in [0, 0.1) is 19.8 Å². The van der Waals surface area contributed by atoms with E-state index in [1.165, 1.54) is 7.11 Å². The van der Waals surface area contributed by atoms with E-state index < -0.39 is 0 Å². The molecule has 2 aromatic carbocycles. The first kappa shape index (κ1) is 20.8. The first-order valence-electron chi connectivity index (χ1n) is 9.75. The highest BCUT2D eigenvalue weighted by Crippen LogP contribution is 2.23. The molecule has 0 amide bonds. The van der Waals surface area contributed by atoms with E-state index in [0.717, 1.165) is 27.6 Å². The van der Waals surface area contributed by atoms with Crippen LogP contribution < -0.4 is 5.63 Å². The molecule has 1 heterocycles. The lowest BCUT2D eigenvalue weighted by molar-refractivity contribution is -0.145. The van der Waals surface area contributed by atoms with Crippen molar-refractivity contribution in [3.05, 3.63) is 81.2 Å². The molecule has 5 nitrogen and oxygen atoms in total. The second kappa shape index (κ2) is 9.05. The van der Waals surface area contributed by atoms with Crippen molar-refractivity contribution in [2.75, 3.05) is 13.7 Å². The van der Waals surface area contributed by atoms with E-state index in [1.807, 2.05) is 45.0 Å². The summed E-state index contributed by atoms with van der Waals surface area (Å²) in [5, 5.41) is 0.927. The van der Waals surface area contributed by atoms with Gasteiger partial charge in [-0.05, 0) is 48.2 Å². The van der Waals surface area contributed by atoms with Gasteiger partial charge in [0.15, 0.2) is 0 Å². The van der Waals surface area contributed by atoms with Gasteiger partial charge in [-0.2, -0.15) is 0 Å². The summed E-state index contributed by atoms with van der Waals surface area (Å²) in [6.45, 7) is 7.62. The van der Waals surface area contributed by atoms with Crippen LogP contribution in [0.15, 0.2) is 57.7 Å². The molecule has 0 N–H and O–H groups in total. The summed E-state index contributed by atoms with van der Waals surface area (Å²) >= 11 is 0. The van der Waals surface area contributed by atoms with Crippen LogP contribution in [0.5, 0.6) is 0 Å². The van der Waals surface area contributed by atoms with Gasteiger partial charge in [-0.1, -0.05) is 37.3 Å². The maximum atomic E-state index is 12.2. The Balaban J connectivity index is 1.97. The van der Waals surface area contributed by atoms with E-state index in [2.05, 4.69) is 23.1 Å². The van der Waals surface area contributed by atoms with Crippen LogP contribution in [-0.2, 0) is 22.6 Å². The highest BCUT2D eigenvalue weighted by molar-refractivity contribution is 5.81. The summed E-state index contributed by atoms with van der Waals surface area (Å²) in [4.78, 5) is 26.3. The van der Waals surface area contributed by atoms with E-state index in [4.69, 9.17) is 9.15 Å². The molecular weight excluding hydrogens is 366 g/mol. The molecule has 5 heteroatoms. The quantitative estimate of drug-likeness (QED) is 0.444. The maximum Gasteiger partial charge on any atom is 0.336 e. The van der Waals surface area contributed by atoms with Crippen molar-refractivity contribution < 1.29 is 13.9 Å². The predicted octanol–water partition coefficient (Wildman–Crippen LogP) is 4.22. The minimum absolute atomic E-state index is 0.244. The number of esters is 1. The van der Waals surface area contributed by atoms with Gasteiger partial charge in [0.2, 0.25) is 0 Å². The summed E-state index contributed by atoms with van der Waals surface area (Å²) in [7, 11) is 1.40. The molecule has 1 atom stereocenters. The van der Waals surface area contributed by atoms with Crippen molar-refractivity contribution >= 4 is 16.9 Å². The van der Waals surface area contributed by atoms with E-state index in [9.17, 15) is 9.59 Å². The number of carbonyl (C=O) groups excluding carboxylic acids is 1. The van der Waals surface area contributed by atoms with Gasteiger partial charge in [0.25, 0.3) is 0 Å². The fourth-order valence-corrected chi connectivity index (χ4v) is 3.54. The molecule has 0 aliphatic heterocycles. The van der Waals surface area contributed by atoms with Gasteiger partial charge in [0.05, 0.1) is 13.0 Å². The van der Waals surface area contributed by atoms with Gasteiger partial charge in [0.1, 0.15) is 5.58 Å². The number of benzene rings is 2. The van der Waals surface area contributed by atoms with Crippen molar-refractivity contribution in [2.45, 2.75) is 33.9 Å². The van der Waals surface area contributed by atoms with Gasteiger partial charge in [-0.15, -0.1) is 0 Å². The summed E-state index contributed by atoms with van der Waals surface area (Å²) in [5.41, 5.74) is 4.49. The normalized spacial score (nSPS) is 12.3. The van der Waals surface area contributed by atoms with Crippen LogP contribution in [-0.4, -0.2) is 24.5 Å². The molecule has 3 aromatic rings. The number of methoxy groups -OCH3 is 1. The molecular formula is C24H27NO4. The molecule has 0 saturated carbocycles. The monoisotopic (exact) mass is 393 g/mol. The zero-order chi connectivity index (χ0) is 21.0. The smallest absolute Gasteiger partial charge is 0.336 e. The standard InChI is InChI=1S/C24H27NO4/c1-16-10-21-20(12-23(26)29-22(21)11-17(16)2)15-25(13-18(3)24(27)28-4)14-19-8-6-5-7-9-19/h5-12,18H,13-15H2,1-4H3. The lowest BCUT2D eigenvalue weighted by Gasteiger charge is -2.25. The molecule has 0 bridgehead atoms. The fraction of sp³-hybridized carbons (Fsp3) is 0.333. The highest BCUT2D eigenvalue weighted by Gasteiger charge is 2.19.